The Balaban J connectivity index is 1.63. The van der Waals surface area contributed by atoms with Gasteiger partial charge in [0.2, 0.25) is 0 Å². The Hall–Kier alpha value is -0.160. The monoisotopic (exact) mass is 226 g/mol. The van der Waals surface area contributed by atoms with E-state index in [1.807, 2.05) is 0 Å². The molecule has 0 aromatic carbocycles. The first-order valence-electron chi connectivity index (χ1n) is 6.49. The molecule has 92 valence electrons. The maximum absolute atomic E-state index is 5.98. The molecule has 0 aliphatic carbocycles. The zero-order valence-corrected chi connectivity index (χ0v) is 9.86. The standard InChI is InChI=1S/C12H22N2O2/c13-10-1-4-14(8-10)11-2-5-16-12(7-11)3-6-15-9-12/h10-11H,1-9,13H2/t10-,11?,12?/m1/s1. The Kier molecular flexibility index (Phi) is 2.92. The van der Waals surface area contributed by atoms with Crippen molar-refractivity contribution in [1.29, 1.82) is 0 Å². The van der Waals surface area contributed by atoms with E-state index in [2.05, 4.69) is 4.90 Å². The number of likely N-dealkylation sites (tertiary alicyclic amines) is 1. The van der Waals surface area contributed by atoms with Crippen molar-refractivity contribution in [3.8, 4) is 0 Å². The molecule has 2 unspecified atom stereocenters. The average molecular weight is 226 g/mol. The van der Waals surface area contributed by atoms with Crippen LogP contribution >= 0.6 is 0 Å². The number of nitrogens with zero attached hydrogens (tertiary/aromatic N) is 1. The summed E-state index contributed by atoms with van der Waals surface area (Å²) in [4.78, 5) is 2.56. The van der Waals surface area contributed by atoms with Crippen LogP contribution in [0.1, 0.15) is 25.7 Å². The van der Waals surface area contributed by atoms with E-state index >= 15 is 0 Å². The number of hydrogen-bond acceptors (Lipinski definition) is 4. The van der Waals surface area contributed by atoms with Crippen molar-refractivity contribution in [3.05, 3.63) is 0 Å². The molecule has 3 aliphatic heterocycles. The first-order chi connectivity index (χ1) is 7.77. The van der Waals surface area contributed by atoms with E-state index in [-0.39, 0.29) is 5.60 Å². The fraction of sp³-hybridized carbons (Fsp3) is 1.00. The summed E-state index contributed by atoms with van der Waals surface area (Å²) in [6, 6.07) is 1.06. The summed E-state index contributed by atoms with van der Waals surface area (Å²) in [5.74, 6) is 0. The number of hydrogen-bond donors (Lipinski definition) is 1. The Morgan fingerprint density at radius 2 is 2.19 bits per heavy atom. The van der Waals surface area contributed by atoms with E-state index in [4.69, 9.17) is 15.2 Å². The van der Waals surface area contributed by atoms with Crippen molar-refractivity contribution in [3.63, 3.8) is 0 Å². The van der Waals surface area contributed by atoms with Gasteiger partial charge in [-0.3, -0.25) is 4.90 Å². The number of rotatable bonds is 1. The van der Waals surface area contributed by atoms with Crippen LogP contribution in [0.15, 0.2) is 0 Å². The predicted molar refractivity (Wildman–Crippen MR) is 61.3 cm³/mol. The highest BCUT2D eigenvalue weighted by Crippen LogP contribution is 2.35. The molecule has 3 atom stereocenters. The lowest BCUT2D eigenvalue weighted by Gasteiger charge is -2.40. The molecule has 3 saturated heterocycles. The molecule has 3 rings (SSSR count). The van der Waals surface area contributed by atoms with Crippen molar-refractivity contribution in [1.82, 2.24) is 4.90 Å². The van der Waals surface area contributed by atoms with Crippen molar-refractivity contribution >= 4 is 0 Å². The van der Waals surface area contributed by atoms with Crippen LogP contribution in [0, 0.1) is 0 Å². The highest BCUT2D eigenvalue weighted by Gasteiger charge is 2.43. The van der Waals surface area contributed by atoms with Crippen LogP contribution in [0.25, 0.3) is 0 Å². The first kappa shape index (κ1) is 11.0. The third-order valence-electron chi connectivity index (χ3n) is 4.31. The summed E-state index contributed by atoms with van der Waals surface area (Å²) < 4.78 is 11.5. The van der Waals surface area contributed by atoms with Gasteiger partial charge in [-0.25, -0.2) is 0 Å². The molecule has 0 aromatic heterocycles. The van der Waals surface area contributed by atoms with Gasteiger partial charge in [0.15, 0.2) is 0 Å². The van der Waals surface area contributed by atoms with Gasteiger partial charge in [0.05, 0.1) is 12.2 Å². The third-order valence-corrected chi connectivity index (χ3v) is 4.31. The molecule has 3 fully saturated rings. The van der Waals surface area contributed by atoms with Gasteiger partial charge in [-0.1, -0.05) is 0 Å². The zero-order valence-electron chi connectivity index (χ0n) is 9.86. The van der Waals surface area contributed by atoms with E-state index in [9.17, 15) is 0 Å². The number of nitrogens with two attached hydrogens (primary N) is 1. The van der Waals surface area contributed by atoms with Crippen LogP contribution in [-0.4, -0.2) is 55.5 Å². The summed E-state index contributed by atoms with van der Waals surface area (Å²) in [7, 11) is 0. The third kappa shape index (κ3) is 1.99. The second-order valence-corrected chi connectivity index (χ2v) is 5.52. The van der Waals surface area contributed by atoms with Crippen molar-refractivity contribution in [2.45, 2.75) is 43.4 Å². The Labute approximate surface area is 97.1 Å². The summed E-state index contributed by atoms with van der Waals surface area (Å²) in [5, 5.41) is 0. The maximum Gasteiger partial charge on any atom is 0.0951 e. The molecule has 0 bridgehead atoms. The highest BCUT2D eigenvalue weighted by molar-refractivity contribution is 4.95. The highest BCUT2D eigenvalue weighted by atomic mass is 16.6. The fourth-order valence-electron chi connectivity index (χ4n) is 3.32. The van der Waals surface area contributed by atoms with Crippen LogP contribution in [0.3, 0.4) is 0 Å². The fourth-order valence-corrected chi connectivity index (χ4v) is 3.32. The summed E-state index contributed by atoms with van der Waals surface area (Å²) in [6.45, 7) is 4.79. The van der Waals surface area contributed by atoms with Crippen molar-refractivity contribution in [2.75, 3.05) is 32.9 Å². The topological polar surface area (TPSA) is 47.7 Å². The molecule has 16 heavy (non-hydrogen) atoms. The Bertz CT molecular complexity index is 253. The zero-order chi connectivity index (χ0) is 11.0. The second-order valence-electron chi connectivity index (χ2n) is 5.52. The van der Waals surface area contributed by atoms with E-state index in [1.54, 1.807) is 0 Å². The first-order valence-corrected chi connectivity index (χ1v) is 6.49. The minimum Gasteiger partial charge on any atom is -0.378 e. The molecule has 3 aliphatic rings. The van der Waals surface area contributed by atoms with Gasteiger partial charge >= 0.3 is 0 Å². The second kappa shape index (κ2) is 4.26. The van der Waals surface area contributed by atoms with Crippen molar-refractivity contribution in [2.24, 2.45) is 5.73 Å². The Morgan fingerprint density at radius 1 is 1.25 bits per heavy atom. The maximum atomic E-state index is 5.98. The molecule has 3 heterocycles. The average Bonchev–Trinajstić information content (AvgIpc) is 2.89. The van der Waals surface area contributed by atoms with Gasteiger partial charge in [-0.05, 0) is 19.3 Å². The smallest absolute Gasteiger partial charge is 0.0951 e. The lowest BCUT2D eigenvalue weighted by atomic mass is 9.89. The lowest BCUT2D eigenvalue weighted by Crippen LogP contribution is -2.49. The molecule has 0 saturated carbocycles. The molecule has 4 nitrogen and oxygen atoms in total. The minimum atomic E-state index is 0.0373. The largest absolute Gasteiger partial charge is 0.378 e. The van der Waals surface area contributed by atoms with Gasteiger partial charge < -0.3 is 15.2 Å². The predicted octanol–water partition coefficient (Wildman–Crippen LogP) is 0.357. The SMILES string of the molecule is N[C@@H]1CCN(C2CCOC3(CCOC3)C2)C1. The van der Waals surface area contributed by atoms with E-state index in [0.29, 0.717) is 12.1 Å². The van der Waals surface area contributed by atoms with Crippen LogP contribution < -0.4 is 5.73 Å². The van der Waals surface area contributed by atoms with Gasteiger partial charge in [-0.2, -0.15) is 0 Å². The van der Waals surface area contributed by atoms with Crippen LogP contribution in [0.4, 0.5) is 0 Å². The molecule has 2 N–H and O–H groups in total. The Morgan fingerprint density at radius 3 is 2.88 bits per heavy atom. The van der Waals surface area contributed by atoms with Gasteiger partial charge in [0.25, 0.3) is 0 Å². The molecule has 0 aromatic rings. The van der Waals surface area contributed by atoms with Crippen LogP contribution in [-0.2, 0) is 9.47 Å². The van der Waals surface area contributed by atoms with Gasteiger partial charge in [-0.15, -0.1) is 0 Å². The minimum absolute atomic E-state index is 0.0373. The van der Waals surface area contributed by atoms with Crippen LogP contribution in [0.5, 0.6) is 0 Å². The summed E-state index contributed by atoms with van der Waals surface area (Å²) in [6.07, 6.45) is 4.53. The van der Waals surface area contributed by atoms with E-state index in [1.165, 1.54) is 6.54 Å². The van der Waals surface area contributed by atoms with E-state index in [0.717, 1.165) is 52.0 Å². The molecular formula is C12H22N2O2. The molecule has 0 amide bonds. The van der Waals surface area contributed by atoms with Gasteiger partial charge in [0.1, 0.15) is 0 Å². The molecule has 4 heteroatoms. The molecule has 0 radical (unpaired) electrons. The molecule has 1 spiro atoms. The lowest BCUT2D eigenvalue weighted by molar-refractivity contribution is -0.104. The summed E-state index contributed by atoms with van der Waals surface area (Å²) >= 11 is 0. The van der Waals surface area contributed by atoms with E-state index < -0.39 is 0 Å². The molecular weight excluding hydrogens is 204 g/mol. The number of ether oxygens (including phenoxy) is 2. The van der Waals surface area contributed by atoms with Gasteiger partial charge in [0, 0.05) is 44.8 Å². The quantitative estimate of drug-likeness (QED) is 0.701. The van der Waals surface area contributed by atoms with Crippen LogP contribution in [0.2, 0.25) is 0 Å². The van der Waals surface area contributed by atoms with Crippen molar-refractivity contribution < 1.29 is 9.47 Å². The normalized spacial score (nSPS) is 45.6. The summed E-state index contributed by atoms with van der Waals surface area (Å²) in [5.41, 5.74) is 6.02.